The van der Waals surface area contributed by atoms with Crippen molar-refractivity contribution in [3.8, 4) is 0 Å². The second kappa shape index (κ2) is 15.2. The monoisotopic (exact) mass is 662 g/mol. The molecular weight excluding hydrogens is 615 g/mol. The molecule has 0 radical (unpaired) electrons. The average molecular weight is 663 g/mol. The molecule has 0 N–H and O–H groups in total. The molecule has 12 heteroatoms. The molecule has 1 aliphatic rings. The summed E-state index contributed by atoms with van der Waals surface area (Å²) < 4.78 is 55.2. The van der Waals surface area contributed by atoms with Crippen LogP contribution in [0.1, 0.15) is 73.4 Å². The van der Waals surface area contributed by atoms with Crippen LogP contribution in [0.3, 0.4) is 0 Å². The summed E-state index contributed by atoms with van der Waals surface area (Å²) in [6.45, 7) is 14.3. The van der Waals surface area contributed by atoms with E-state index < -0.39 is 66.6 Å². The Morgan fingerprint density at radius 2 is 1.04 bits per heavy atom. The first-order valence-corrected chi connectivity index (χ1v) is 16.6. The lowest BCUT2D eigenvalue weighted by molar-refractivity contribution is -0.269. The fourth-order valence-corrected chi connectivity index (χ4v) is 5.04. The van der Waals surface area contributed by atoms with Crippen LogP contribution >= 0.6 is 7.82 Å². The molecule has 0 amide bonds. The Hall–Kier alpha value is -3.08. The number of phosphoric acid groups is 1. The van der Waals surface area contributed by atoms with E-state index in [1.165, 1.54) is 0 Å². The van der Waals surface area contributed by atoms with Gasteiger partial charge in [0.25, 0.3) is 0 Å². The van der Waals surface area contributed by atoms with Gasteiger partial charge in [0.2, 0.25) is 6.29 Å². The maximum absolute atomic E-state index is 14.3. The van der Waals surface area contributed by atoms with E-state index in [0.717, 1.165) is 0 Å². The fraction of sp³-hybridized carbons (Fsp3) is 0.559. The van der Waals surface area contributed by atoms with Crippen LogP contribution in [0.25, 0.3) is 0 Å². The quantitative estimate of drug-likeness (QED) is 0.143. The van der Waals surface area contributed by atoms with E-state index in [9.17, 15) is 18.9 Å². The molecule has 2 aromatic carbocycles. The molecule has 254 valence electrons. The van der Waals surface area contributed by atoms with Crippen molar-refractivity contribution >= 4 is 25.7 Å². The first-order valence-electron chi connectivity index (χ1n) is 15.2. The summed E-state index contributed by atoms with van der Waals surface area (Å²) in [6.07, 6.45) is -5.71. The van der Waals surface area contributed by atoms with Crippen molar-refractivity contribution in [3.63, 3.8) is 0 Å². The van der Waals surface area contributed by atoms with Gasteiger partial charge in [-0.3, -0.25) is 28.0 Å². The molecule has 4 atom stereocenters. The highest BCUT2D eigenvalue weighted by Gasteiger charge is 2.52. The Bertz CT molecular complexity index is 1310. The highest BCUT2D eigenvalue weighted by Crippen LogP contribution is 2.53. The number of phosphoric ester groups is 1. The summed E-state index contributed by atoms with van der Waals surface area (Å²) in [7, 11) is -4.47. The van der Waals surface area contributed by atoms with E-state index in [4.69, 9.17) is 32.5 Å². The highest BCUT2D eigenvalue weighted by molar-refractivity contribution is 7.48. The van der Waals surface area contributed by atoms with Gasteiger partial charge in [0.05, 0.1) is 36.1 Å². The van der Waals surface area contributed by atoms with Crippen molar-refractivity contribution in [2.45, 2.75) is 100 Å². The first kappa shape index (κ1) is 37.4. The molecule has 1 heterocycles. The highest BCUT2D eigenvalue weighted by atomic mass is 31.2. The van der Waals surface area contributed by atoms with Gasteiger partial charge in [-0.15, -0.1) is 0 Å². The molecule has 46 heavy (non-hydrogen) atoms. The summed E-state index contributed by atoms with van der Waals surface area (Å²) >= 11 is 0. The predicted molar refractivity (Wildman–Crippen MR) is 169 cm³/mol. The SMILES string of the molecule is CC(C)(C)C(=O)O[C@@H]1[C@@H](OC(=O)C(C)(C)C)[C@H](OP(=O)(OCc2ccccc2)OCc2ccccc2)OC[C@H]1OC(=O)C(C)(C)C. The molecule has 1 saturated heterocycles. The molecule has 3 rings (SSSR count). The molecule has 0 bridgehead atoms. The minimum Gasteiger partial charge on any atom is -0.455 e. The average Bonchev–Trinajstić information content (AvgIpc) is 2.97. The minimum absolute atomic E-state index is 0.139. The lowest BCUT2D eigenvalue weighted by Gasteiger charge is -2.42. The van der Waals surface area contributed by atoms with Gasteiger partial charge in [-0.05, 0) is 73.4 Å². The lowest BCUT2D eigenvalue weighted by Crippen LogP contribution is -2.59. The third-order valence-corrected chi connectivity index (χ3v) is 8.02. The van der Waals surface area contributed by atoms with Crippen LogP contribution < -0.4 is 0 Å². The van der Waals surface area contributed by atoms with Crippen molar-refractivity contribution in [3.05, 3.63) is 71.8 Å². The number of carbonyl (C=O) groups excluding carboxylic acids is 3. The molecule has 0 spiro atoms. The first-order chi connectivity index (χ1) is 21.3. The molecule has 1 fully saturated rings. The van der Waals surface area contributed by atoms with E-state index in [2.05, 4.69) is 0 Å². The van der Waals surface area contributed by atoms with E-state index >= 15 is 0 Å². The van der Waals surface area contributed by atoms with E-state index in [1.807, 2.05) is 12.1 Å². The zero-order valence-corrected chi connectivity index (χ0v) is 29.0. The molecule has 2 aromatic rings. The van der Waals surface area contributed by atoms with Crippen molar-refractivity contribution in [2.24, 2.45) is 16.2 Å². The number of esters is 3. The van der Waals surface area contributed by atoms with Gasteiger partial charge in [-0.2, -0.15) is 0 Å². The number of hydrogen-bond acceptors (Lipinski definition) is 11. The van der Waals surface area contributed by atoms with Gasteiger partial charge < -0.3 is 18.9 Å². The second-order valence-corrected chi connectivity index (χ2v) is 15.8. The van der Waals surface area contributed by atoms with E-state index in [-0.39, 0.29) is 19.8 Å². The molecule has 1 aliphatic heterocycles. The van der Waals surface area contributed by atoms with Crippen LogP contribution in [0, 0.1) is 16.2 Å². The summed E-state index contributed by atoms with van der Waals surface area (Å²) in [4.78, 5) is 39.4. The van der Waals surface area contributed by atoms with Gasteiger partial charge in [0, 0.05) is 0 Å². The van der Waals surface area contributed by atoms with Gasteiger partial charge >= 0.3 is 25.7 Å². The van der Waals surface area contributed by atoms with Crippen LogP contribution in [0.15, 0.2) is 60.7 Å². The van der Waals surface area contributed by atoms with Crippen LogP contribution in [0.5, 0.6) is 0 Å². The Morgan fingerprint density at radius 1 is 0.652 bits per heavy atom. The number of ether oxygens (including phenoxy) is 4. The van der Waals surface area contributed by atoms with E-state index in [1.54, 1.807) is 111 Å². The molecule has 0 aliphatic carbocycles. The lowest BCUT2D eigenvalue weighted by atomic mass is 9.95. The zero-order valence-electron chi connectivity index (χ0n) is 28.1. The number of rotatable bonds is 11. The third-order valence-electron chi connectivity index (χ3n) is 6.66. The van der Waals surface area contributed by atoms with Gasteiger partial charge in [0.15, 0.2) is 18.3 Å². The van der Waals surface area contributed by atoms with Gasteiger partial charge in [0.1, 0.15) is 0 Å². The van der Waals surface area contributed by atoms with Gasteiger partial charge in [-0.1, -0.05) is 60.7 Å². The predicted octanol–water partition coefficient (Wildman–Crippen LogP) is 6.77. The Labute approximate surface area is 271 Å². The van der Waals surface area contributed by atoms with E-state index in [0.29, 0.717) is 11.1 Å². The van der Waals surface area contributed by atoms with Crippen molar-refractivity contribution in [1.82, 2.24) is 0 Å². The summed E-state index contributed by atoms with van der Waals surface area (Å²) in [5.74, 6) is -1.95. The number of benzene rings is 2. The Morgan fingerprint density at radius 3 is 1.46 bits per heavy atom. The number of carbonyl (C=O) groups is 3. The third kappa shape index (κ3) is 11.0. The van der Waals surface area contributed by atoms with Crippen molar-refractivity contribution < 1.29 is 51.5 Å². The number of hydrogen-bond donors (Lipinski definition) is 0. The summed E-state index contributed by atoms with van der Waals surface area (Å²) in [6, 6.07) is 18.0. The Balaban J connectivity index is 2.01. The van der Waals surface area contributed by atoms with Crippen LogP contribution in [-0.2, 0) is 64.7 Å². The fourth-order valence-electron chi connectivity index (χ4n) is 3.80. The molecule has 0 saturated carbocycles. The van der Waals surface area contributed by atoms with Crippen LogP contribution in [0.4, 0.5) is 0 Å². The Kier molecular flexibility index (Phi) is 12.4. The topological polar surface area (TPSA) is 133 Å². The summed E-state index contributed by atoms with van der Waals surface area (Å²) in [5.41, 5.74) is -1.49. The molecule has 0 aromatic heterocycles. The smallest absolute Gasteiger partial charge is 0.455 e. The minimum atomic E-state index is -4.47. The van der Waals surface area contributed by atoms with Crippen molar-refractivity contribution in [1.29, 1.82) is 0 Å². The maximum Gasteiger partial charge on any atom is 0.477 e. The summed E-state index contributed by atoms with van der Waals surface area (Å²) in [5, 5.41) is 0. The second-order valence-electron chi connectivity index (χ2n) is 14.2. The zero-order chi connectivity index (χ0) is 34.3. The maximum atomic E-state index is 14.3. The standard InChI is InChI=1S/C34H47O11P/c1-32(2,3)29(35)42-25-22-39-28(27(44-31(37)34(7,8)9)26(25)43-30(36)33(4,5)6)45-46(38,40-20-23-16-12-10-13-17-23)41-21-24-18-14-11-15-19-24/h10-19,25-28H,20-22H2,1-9H3/t25-,26+,27-,28+/m1/s1. The molecular formula is C34H47O11P. The normalized spacial score (nSPS) is 20.9. The van der Waals surface area contributed by atoms with Crippen molar-refractivity contribution in [2.75, 3.05) is 6.61 Å². The largest absolute Gasteiger partial charge is 0.477 e. The van der Waals surface area contributed by atoms with Gasteiger partial charge in [-0.25, -0.2) is 4.57 Å². The molecule has 11 nitrogen and oxygen atoms in total. The van der Waals surface area contributed by atoms with Crippen LogP contribution in [-0.4, -0.2) is 49.1 Å². The molecule has 0 unspecified atom stereocenters. The van der Waals surface area contributed by atoms with Crippen LogP contribution in [0.2, 0.25) is 0 Å².